The second-order valence-corrected chi connectivity index (χ2v) is 5.83. The van der Waals surface area contributed by atoms with Gasteiger partial charge >= 0.3 is 75.7 Å². The van der Waals surface area contributed by atoms with Crippen molar-refractivity contribution in [1.82, 2.24) is 0 Å². The van der Waals surface area contributed by atoms with E-state index in [0.29, 0.717) is 5.44 Å². The number of hydrogen-bond acceptors (Lipinski definition) is 2. The number of anilines is 1. The third kappa shape index (κ3) is 1.19. The molecule has 1 N–H and O–H groups in total. The number of hydrogen-bond donors (Lipinski definition) is 1. The maximum absolute atomic E-state index is 11.5. The summed E-state index contributed by atoms with van der Waals surface area (Å²) in [4.78, 5) is 0. The van der Waals surface area contributed by atoms with Gasteiger partial charge in [0.2, 0.25) is 0 Å². The molecule has 1 aliphatic rings. The maximum atomic E-state index is 11.5. The van der Waals surface area contributed by atoms with Crippen LogP contribution in [-0.4, -0.2) is 19.3 Å². The van der Waals surface area contributed by atoms with Crippen LogP contribution in [-0.2, 0) is 10.3 Å². The van der Waals surface area contributed by atoms with Gasteiger partial charge in [-0.2, -0.15) is 0 Å². The van der Waals surface area contributed by atoms with Gasteiger partial charge in [-0.1, -0.05) is 0 Å². The third-order valence-corrected chi connectivity index (χ3v) is 4.68. The Kier molecular flexibility index (Phi) is 1.99. The second-order valence-electron chi connectivity index (χ2n) is 2.85. The molecule has 1 unspecified atom stereocenters. The Morgan fingerprint density at radius 1 is 1.58 bits per heavy atom. The molecule has 3 heteroatoms. The predicted octanol–water partition coefficient (Wildman–Crippen LogP) is 0.843. The van der Waals surface area contributed by atoms with Crippen LogP contribution in [0.25, 0.3) is 0 Å². The fourth-order valence-electron chi connectivity index (χ4n) is 1.34. The Hall–Kier alpha value is -0.661. The van der Waals surface area contributed by atoms with Gasteiger partial charge in [0, 0.05) is 0 Å². The van der Waals surface area contributed by atoms with Crippen LogP contribution >= 0.6 is 0 Å². The van der Waals surface area contributed by atoms with Crippen LogP contribution in [0, 0.1) is 0 Å². The molecule has 1 aliphatic heterocycles. The topological polar surface area (TPSA) is 29.1 Å². The number of fused-ring (bicyclic) bond motifs is 1. The average Bonchev–Trinajstić information content (AvgIpc) is 2.47. The van der Waals surface area contributed by atoms with Gasteiger partial charge < -0.3 is 0 Å². The van der Waals surface area contributed by atoms with Crippen molar-refractivity contribution < 1.29 is 3.83 Å². The first kappa shape index (κ1) is 7.96. The van der Waals surface area contributed by atoms with Crippen molar-refractivity contribution >= 4 is 24.0 Å². The van der Waals surface area contributed by atoms with Crippen molar-refractivity contribution in [3.63, 3.8) is 0 Å². The molecule has 64 valence electrons. The zero-order valence-electron chi connectivity index (χ0n) is 6.96. The van der Waals surface area contributed by atoms with Crippen LogP contribution in [0.15, 0.2) is 18.2 Å². The van der Waals surface area contributed by atoms with E-state index in [2.05, 4.69) is 24.4 Å². The van der Waals surface area contributed by atoms with Crippen LogP contribution in [0.2, 0.25) is 0 Å². The normalized spacial score (nSPS) is 20.2. The van der Waals surface area contributed by atoms with E-state index in [4.69, 9.17) is 0 Å². The summed E-state index contributed by atoms with van der Waals surface area (Å²) in [5, 5.41) is 3.14. The molecule has 1 atom stereocenters. The molecule has 0 aliphatic carbocycles. The standard InChI is InChI=1S/C9H11NOSe/c1-2-7-3-4-8-9(5-7)12(11)6-10-8/h3-5,10H,2,6H2,1H3. The monoisotopic (exact) mass is 229 g/mol. The summed E-state index contributed by atoms with van der Waals surface area (Å²) < 4.78 is 12.5. The van der Waals surface area contributed by atoms with Crippen molar-refractivity contribution in [2.24, 2.45) is 0 Å². The first-order valence-corrected chi connectivity index (χ1v) is 6.83. The Morgan fingerprint density at radius 3 is 3.17 bits per heavy atom. The Labute approximate surface area is 76.1 Å². The van der Waals surface area contributed by atoms with E-state index in [-0.39, 0.29) is 0 Å². The minimum absolute atomic E-state index is 0.669. The summed E-state index contributed by atoms with van der Waals surface area (Å²) in [6.45, 7) is 2.11. The van der Waals surface area contributed by atoms with Crippen molar-refractivity contribution in [2.75, 3.05) is 10.8 Å². The molecular weight excluding hydrogens is 217 g/mol. The molecule has 12 heavy (non-hydrogen) atoms. The van der Waals surface area contributed by atoms with Crippen LogP contribution in [0.3, 0.4) is 0 Å². The third-order valence-electron chi connectivity index (χ3n) is 2.09. The van der Waals surface area contributed by atoms with Crippen LogP contribution in [0.5, 0.6) is 0 Å². The van der Waals surface area contributed by atoms with Gasteiger partial charge in [-0.3, -0.25) is 0 Å². The zero-order chi connectivity index (χ0) is 8.55. The molecule has 0 aromatic heterocycles. The van der Waals surface area contributed by atoms with E-state index in [1.807, 2.05) is 6.07 Å². The summed E-state index contributed by atoms with van der Waals surface area (Å²) in [7, 11) is 0. The van der Waals surface area contributed by atoms with Crippen molar-refractivity contribution in [3.05, 3.63) is 23.8 Å². The number of rotatable bonds is 1. The molecule has 1 aromatic carbocycles. The minimum atomic E-state index is -1.72. The van der Waals surface area contributed by atoms with E-state index in [9.17, 15) is 3.83 Å². The molecule has 0 saturated carbocycles. The van der Waals surface area contributed by atoms with E-state index in [0.717, 1.165) is 16.6 Å². The predicted molar refractivity (Wildman–Crippen MR) is 50.4 cm³/mol. The fourth-order valence-corrected chi connectivity index (χ4v) is 3.67. The SMILES string of the molecule is CCc1ccc2c(c1)[Se](=O)CN2. The Bertz CT molecular complexity index is 335. The summed E-state index contributed by atoms with van der Waals surface area (Å²) in [5.74, 6) is 0. The Morgan fingerprint density at radius 2 is 2.42 bits per heavy atom. The van der Waals surface area contributed by atoms with Crippen LogP contribution in [0.4, 0.5) is 5.69 Å². The van der Waals surface area contributed by atoms with Gasteiger partial charge in [0.05, 0.1) is 0 Å². The molecular formula is C9H11NOSe. The van der Waals surface area contributed by atoms with E-state index in [1.54, 1.807) is 0 Å². The molecule has 1 aromatic rings. The van der Waals surface area contributed by atoms with Gasteiger partial charge in [0.1, 0.15) is 0 Å². The van der Waals surface area contributed by atoms with Crippen LogP contribution in [0.1, 0.15) is 12.5 Å². The zero-order valence-corrected chi connectivity index (χ0v) is 8.68. The number of nitrogens with one attached hydrogen (secondary N) is 1. The van der Waals surface area contributed by atoms with Gasteiger partial charge in [0.25, 0.3) is 0 Å². The van der Waals surface area contributed by atoms with Crippen molar-refractivity contribution in [3.8, 4) is 0 Å². The molecule has 0 spiro atoms. The number of aryl methyl sites for hydroxylation is 1. The van der Waals surface area contributed by atoms with Crippen molar-refractivity contribution in [2.45, 2.75) is 13.3 Å². The molecule has 0 amide bonds. The van der Waals surface area contributed by atoms with E-state index in [1.165, 1.54) is 5.56 Å². The van der Waals surface area contributed by atoms with Crippen LogP contribution < -0.4 is 9.78 Å². The van der Waals surface area contributed by atoms with Gasteiger partial charge in [0.15, 0.2) is 0 Å². The molecule has 1 heterocycles. The molecule has 2 rings (SSSR count). The molecule has 2 nitrogen and oxygen atoms in total. The molecule has 0 fully saturated rings. The Balaban J connectivity index is 2.50. The van der Waals surface area contributed by atoms with Crippen molar-refractivity contribution in [1.29, 1.82) is 0 Å². The first-order chi connectivity index (χ1) is 5.81. The van der Waals surface area contributed by atoms with Gasteiger partial charge in [-0.25, -0.2) is 0 Å². The summed E-state index contributed by atoms with van der Waals surface area (Å²) in [6.07, 6.45) is 1.02. The molecule has 0 saturated heterocycles. The average molecular weight is 228 g/mol. The summed E-state index contributed by atoms with van der Waals surface area (Å²) in [5.41, 5.74) is 3.02. The molecule has 0 radical (unpaired) electrons. The summed E-state index contributed by atoms with van der Waals surface area (Å²) in [6, 6.07) is 6.21. The fraction of sp³-hybridized carbons (Fsp3) is 0.333. The second kappa shape index (κ2) is 3.00. The number of benzene rings is 1. The van der Waals surface area contributed by atoms with Gasteiger partial charge in [-0.15, -0.1) is 0 Å². The first-order valence-electron chi connectivity index (χ1n) is 4.06. The molecule has 0 bridgehead atoms. The quantitative estimate of drug-likeness (QED) is 0.722. The van der Waals surface area contributed by atoms with E-state index >= 15 is 0 Å². The van der Waals surface area contributed by atoms with E-state index < -0.39 is 13.8 Å². The summed E-state index contributed by atoms with van der Waals surface area (Å²) >= 11 is -1.72. The van der Waals surface area contributed by atoms with Gasteiger partial charge in [-0.05, 0) is 0 Å².